The molecule has 1 aromatic rings. The highest BCUT2D eigenvalue weighted by Crippen LogP contribution is 2.20. The molecule has 0 fully saturated rings. The third kappa shape index (κ3) is 6.74. The molecule has 0 aliphatic heterocycles. The Balaban J connectivity index is 2.38. The van der Waals surface area contributed by atoms with Gasteiger partial charge in [-0.05, 0) is 52.0 Å². The summed E-state index contributed by atoms with van der Waals surface area (Å²) in [7, 11) is 0. The van der Waals surface area contributed by atoms with Crippen LogP contribution in [0.5, 0.6) is 0 Å². The van der Waals surface area contributed by atoms with E-state index in [-0.39, 0.29) is 5.78 Å². The fourth-order valence-corrected chi connectivity index (χ4v) is 2.44. The largest absolute Gasteiger partial charge is 0.465 e. The van der Waals surface area contributed by atoms with Crippen LogP contribution >= 0.6 is 0 Å². The second kappa shape index (κ2) is 7.97. The van der Waals surface area contributed by atoms with Crippen molar-refractivity contribution in [1.82, 2.24) is 5.32 Å². The Kier molecular flexibility index (Phi) is 6.60. The second-order valence-corrected chi connectivity index (χ2v) is 6.79. The molecule has 1 rings (SSSR count). The highest BCUT2D eigenvalue weighted by atomic mass is 16.4. The van der Waals surface area contributed by atoms with Crippen LogP contribution in [-0.4, -0.2) is 22.5 Å². The van der Waals surface area contributed by atoms with E-state index in [0.717, 1.165) is 30.4 Å². The Morgan fingerprint density at radius 3 is 2.55 bits per heavy atom. The summed E-state index contributed by atoms with van der Waals surface area (Å²) in [5, 5.41) is 11.3. The van der Waals surface area contributed by atoms with Gasteiger partial charge >= 0.3 is 6.09 Å². The second-order valence-electron chi connectivity index (χ2n) is 6.79. The van der Waals surface area contributed by atoms with Gasteiger partial charge in [0.15, 0.2) is 5.78 Å². The van der Waals surface area contributed by atoms with Crippen LogP contribution in [0.4, 0.5) is 4.79 Å². The Morgan fingerprint density at radius 1 is 1.27 bits per heavy atom. The van der Waals surface area contributed by atoms with Gasteiger partial charge in [0.2, 0.25) is 0 Å². The lowest BCUT2D eigenvalue weighted by Gasteiger charge is -2.26. The monoisotopic (exact) mass is 305 g/mol. The van der Waals surface area contributed by atoms with Crippen LogP contribution in [0.15, 0.2) is 24.3 Å². The lowest BCUT2D eigenvalue weighted by molar-refractivity contribution is 0.0973. The summed E-state index contributed by atoms with van der Waals surface area (Å²) < 4.78 is 0. The fraction of sp³-hybridized carbons (Fsp3) is 0.556. The van der Waals surface area contributed by atoms with Gasteiger partial charge in [-0.3, -0.25) is 4.79 Å². The van der Waals surface area contributed by atoms with E-state index in [1.165, 1.54) is 0 Å². The van der Waals surface area contributed by atoms with Gasteiger partial charge in [0.1, 0.15) is 0 Å². The molecule has 1 aromatic carbocycles. The van der Waals surface area contributed by atoms with Crippen LogP contribution in [0.1, 0.15) is 62.4 Å². The zero-order valence-electron chi connectivity index (χ0n) is 14.0. The molecule has 0 saturated carbocycles. The summed E-state index contributed by atoms with van der Waals surface area (Å²) in [5.74, 6) is 0.571. The van der Waals surface area contributed by atoms with Gasteiger partial charge in [-0.15, -0.1) is 0 Å². The highest BCUT2D eigenvalue weighted by Gasteiger charge is 2.21. The van der Waals surface area contributed by atoms with E-state index in [0.29, 0.717) is 12.3 Å². The number of carbonyl (C=O) groups excluding carboxylic acids is 1. The zero-order valence-corrected chi connectivity index (χ0v) is 14.0. The fourth-order valence-electron chi connectivity index (χ4n) is 2.44. The lowest BCUT2D eigenvalue weighted by atomic mass is 9.90. The summed E-state index contributed by atoms with van der Waals surface area (Å²) in [5.41, 5.74) is 1.45. The first-order valence-electron chi connectivity index (χ1n) is 7.80. The van der Waals surface area contributed by atoms with Crippen LogP contribution in [-0.2, 0) is 0 Å². The van der Waals surface area contributed by atoms with Crippen molar-refractivity contribution in [2.45, 2.75) is 58.9 Å². The van der Waals surface area contributed by atoms with Gasteiger partial charge in [0.05, 0.1) is 0 Å². The zero-order chi connectivity index (χ0) is 16.8. The molecule has 0 aliphatic carbocycles. The number of nitrogens with one attached hydrogen (secondary N) is 1. The average Bonchev–Trinajstić information content (AvgIpc) is 2.41. The van der Waals surface area contributed by atoms with E-state index >= 15 is 0 Å². The number of benzene rings is 1. The Hall–Kier alpha value is -1.84. The molecular weight excluding hydrogens is 278 g/mol. The summed E-state index contributed by atoms with van der Waals surface area (Å²) >= 11 is 0. The quantitative estimate of drug-likeness (QED) is 0.699. The number of ketones is 1. The van der Waals surface area contributed by atoms with Crippen molar-refractivity contribution in [1.29, 1.82) is 0 Å². The van der Waals surface area contributed by atoms with Gasteiger partial charge in [0, 0.05) is 17.5 Å². The molecular formula is C18H27NO3. The maximum atomic E-state index is 12.2. The molecule has 0 spiro atoms. The molecule has 1 unspecified atom stereocenters. The van der Waals surface area contributed by atoms with Crippen molar-refractivity contribution in [3.05, 3.63) is 35.4 Å². The number of carboxylic acid groups (broad SMARTS) is 1. The summed E-state index contributed by atoms with van der Waals surface area (Å²) in [6, 6.07) is 7.68. The molecule has 2 N–H and O–H groups in total. The molecule has 0 radical (unpaired) electrons. The van der Waals surface area contributed by atoms with Gasteiger partial charge < -0.3 is 10.4 Å². The first-order valence-corrected chi connectivity index (χ1v) is 7.80. The normalized spacial score (nSPS) is 12.7. The van der Waals surface area contributed by atoms with E-state index in [4.69, 9.17) is 5.11 Å². The molecule has 0 saturated heterocycles. The Morgan fingerprint density at radius 2 is 1.95 bits per heavy atom. The first-order chi connectivity index (χ1) is 10.2. The number of carbonyl (C=O) groups is 2. The Bertz CT molecular complexity index is 523. The van der Waals surface area contributed by atoms with Crippen LogP contribution < -0.4 is 5.32 Å². The van der Waals surface area contributed by atoms with Crippen LogP contribution in [0.2, 0.25) is 0 Å². The van der Waals surface area contributed by atoms with E-state index in [9.17, 15) is 9.59 Å². The van der Waals surface area contributed by atoms with Gasteiger partial charge in [-0.1, -0.05) is 30.7 Å². The number of Topliss-reactive ketones (excluding diaryl/α,β-unsaturated/α-hetero) is 1. The predicted molar refractivity (Wildman–Crippen MR) is 88.4 cm³/mol. The molecule has 0 bridgehead atoms. The number of aryl methyl sites for hydroxylation is 1. The summed E-state index contributed by atoms with van der Waals surface area (Å²) in [4.78, 5) is 22.9. The van der Waals surface area contributed by atoms with E-state index in [1.807, 2.05) is 45.0 Å². The summed E-state index contributed by atoms with van der Waals surface area (Å²) in [6.45, 7) is 7.86. The molecule has 4 nitrogen and oxygen atoms in total. The molecule has 0 aromatic heterocycles. The number of hydrogen-bond acceptors (Lipinski definition) is 2. The molecule has 1 atom stereocenters. The molecule has 4 heteroatoms. The third-order valence-corrected chi connectivity index (χ3v) is 3.91. The first kappa shape index (κ1) is 18.2. The van der Waals surface area contributed by atoms with Crippen LogP contribution in [0.25, 0.3) is 0 Å². The van der Waals surface area contributed by atoms with Crippen LogP contribution in [0, 0.1) is 12.8 Å². The molecule has 0 aliphatic rings. The number of hydrogen-bond donors (Lipinski definition) is 2. The van der Waals surface area contributed by atoms with Gasteiger partial charge in [-0.25, -0.2) is 4.79 Å². The molecule has 22 heavy (non-hydrogen) atoms. The molecule has 0 heterocycles. The predicted octanol–water partition coefficient (Wildman–Crippen LogP) is 4.42. The van der Waals surface area contributed by atoms with Crippen molar-refractivity contribution < 1.29 is 14.7 Å². The van der Waals surface area contributed by atoms with Crippen molar-refractivity contribution >= 4 is 11.9 Å². The van der Waals surface area contributed by atoms with Crippen molar-refractivity contribution in [2.75, 3.05) is 0 Å². The van der Waals surface area contributed by atoms with E-state index in [2.05, 4.69) is 12.2 Å². The Labute approximate surface area is 132 Å². The summed E-state index contributed by atoms with van der Waals surface area (Å²) in [6.07, 6.45) is 2.04. The van der Waals surface area contributed by atoms with Gasteiger partial charge in [-0.2, -0.15) is 0 Å². The minimum atomic E-state index is -0.993. The van der Waals surface area contributed by atoms with E-state index < -0.39 is 11.6 Å². The van der Waals surface area contributed by atoms with Crippen LogP contribution in [0.3, 0.4) is 0 Å². The van der Waals surface area contributed by atoms with Gasteiger partial charge in [0.25, 0.3) is 0 Å². The molecule has 122 valence electrons. The smallest absolute Gasteiger partial charge is 0.405 e. The van der Waals surface area contributed by atoms with E-state index in [1.54, 1.807) is 0 Å². The highest BCUT2D eigenvalue weighted by molar-refractivity contribution is 5.96. The van der Waals surface area contributed by atoms with Crippen molar-refractivity contribution in [2.24, 2.45) is 5.92 Å². The number of amides is 1. The lowest BCUT2D eigenvalue weighted by Crippen LogP contribution is -2.42. The number of rotatable bonds is 8. The van der Waals surface area contributed by atoms with Crippen molar-refractivity contribution in [3.63, 3.8) is 0 Å². The SMILES string of the molecule is Cc1cccc(C(=O)CCC(C)CCC(C)(C)NC(=O)O)c1. The van der Waals surface area contributed by atoms with Crippen molar-refractivity contribution in [3.8, 4) is 0 Å². The minimum Gasteiger partial charge on any atom is -0.465 e. The topological polar surface area (TPSA) is 66.4 Å². The maximum absolute atomic E-state index is 12.2. The maximum Gasteiger partial charge on any atom is 0.405 e. The minimum absolute atomic E-state index is 0.179. The molecule has 1 amide bonds. The third-order valence-electron chi connectivity index (χ3n) is 3.91. The average molecular weight is 305 g/mol. The standard InChI is InChI=1S/C18H27NO3/c1-13(10-11-18(3,4)19-17(21)22)8-9-16(20)15-7-5-6-14(2)12-15/h5-7,12-13,19H,8-11H2,1-4H3,(H,21,22).